The van der Waals surface area contributed by atoms with E-state index >= 15 is 0 Å². The Hall–Kier alpha value is -3.60. The van der Waals surface area contributed by atoms with Gasteiger partial charge in [-0.3, -0.25) is 9.69 Å². The Balaban J connectivity index is 0.000000390. The summed E-state index contributed by atoms with van der Waals surface area (Å²) < 4.78 is 10.5. The molecule has 3 amide bonds. The van der Waals surface area contributed by atoms with Crippen molar-refractivity contribution in [1.29, 1.82) is 0 Å². The minimum Gasteiger partial charge on any atom is -0.493 e. The van der Waals surface area contributed by atoms with Gasteiger partial charge in [-0.1, -0.05) is 6.07 Å². The number of rotatable bonds is 6. The Labute approximate surface area is 185 Å². The van der Waals surface area contributed by atoms with Crippen LogP contribution in [-0.2, 0) is 20.9 Å². The Morgan fingerprint density at radius 3 is 2.38 bits per heavy atom. The molecule has 2 unspecified atom stereocenters. The number of carboxylic acids is 2. The fourth-order valence-corrected chi connectivity index (χ4v) is 3.52. The van der Waals surface area contributed by atoms with Gasteiger partial charge in [0.05, 0.1) is 20.1 Å². The standard InChI is InChI=1S/C17H23N3O4.C4H4O4/c1-23-14-4-3-11(6-15(14)24-2)8-19-17(22)20-10-12-5-13(16(20)21)9-18-7-12;5-3(6)1-2-4(7)8/h3-4,6,12-13,18H,5,7-10H2,1-2H3,(H,19,22);1-2H,(H,5,6)(H,7,8)/b;2-1+. The number of carbonyl (C=O) groups is 4. The number of nitrogens with one attached hydrogen (secondary N) is 2. The molecule has 0 aromatic heterocycles. The van der Waals surface area contributed by atoms with Crippen LogP contribution < -0.4 is 20.1 Å². The summed E-state index contributed by atoms with van der Waals surface area (Å²) in [4.78, 5) is 45.2. The minimum absolute atomic E-state index is 0.0793. The van der Waals surface area contributed by atoms with Crippen LogP contribution in [0.5, 0.6) is 11.5 Å². The molecule has 2 atom stereocenters. The number of fused-ring (bicyclic) bond motifs is 2. The zero-order valence-corrected chi connectivity index (χ0v) is 17.9. The van der Waals surface area contributed by atoms with E-state index in [2.05, 4.69) is 10.6 Å². The molecular weight excluding hydrogens is 422 g/mol. The first kappa shape index (κ1) is 24.7. The first-order valence-electron chi connectivity index (χ1n) is 9.89. The molecule has 11 nitrogen and oxygen atoms in total. The zero-order chi connectivity index (χ0) is 23.7. The van der Waals surface area contributed by atoms with Gasteiger partial charge in [0.1, 0.15) is 0 Å². The van der Waals surface area contributed by atoms with Crippen molar-refractivity contribution in [2.45, 2.75) is 13.0 Å². The molecule has 3 rings (SSSR count). The number of ether oxygens (including phenoxy) is 2. The van der Waals surface area contributed by atoms with Crippen molar-refractivity contribution in [3.63, 3.8) is 0 Å². The van der Waals surface area contributed by atoms with Crippen LogP contribution >= 0.6 is 0 Å². The molecule has 0 spiro atoms. The third-order valence-corrected chi connectivity index (χ3v) is 5.00. The largest absolute Gasteiger partial charge is 0.493 e. The highest BCUT2D eigenvalue weighted by atomic mass is 16.5. The molecule has 1 aromatic rings. The summed E-state index contributed by atoms with van der Waals surface area (Å²) in [6, 6.07) is 5.14. The normalized spacial score (nSPS) is 19.6. The number of carboxylic acid groups (broad SMARTS) is 2. The molecular formula is C21H27N3O8. The lowest BCUT2D eigenvalue weighted by Crippen LogP contribution is -2.58. The number of hydrogen-bond acceptors (Lipinski definition) is 7. The quantitative estimate of drug-likeness (QED) is 0.459. The van der Waals surface area contributed by atoms with Gasteiger partial charge in [0.25, 0.3) is 0 Å². The zero-order valence-electron chi connectivity index (χ0n) is 17.9. The maximum Gasteiger partial charge on any atom is 0.328 e. The van der Waals surface area contributed by atoms with Crippen LogP contribution in [0.15, 0.2) is 30.4 Å². The molecule has 174 valence electrons. The molecule has 0 saturated carbocycles. The van der Waals surface area contributed by atoms with Gasteiger partial charge in [0, 0.05) is 31.8 Å². The van der Waals surface area contributed by atoms with Crippen molar-refractivity contribution in [1.82, 2.24) is 15.5 Å². The van der Waals surface area contributed by atoms with Gasteiger partial charge < -0.3 is 30.3 Å². The molecule has 2 saturated heterocycles. The summed E-state index contributed by atoms with van der Waals surface area (Å²) in [6.45, 7) is 2.34. The van der Waals surface area contributed by atoms with Gasteiger partial charge in [-0.2, -0.15) is 0 Å². The van der Waals surface area contributed by atoms with E-state index in [1.807, 2.05) is 12.1 Å². The lowest BCUT2D eigenvalue weighted by molar-refractivity contribution is -0.137. The van der Waals surface area contributed by atoms with Gasteiger partial charge in [-0.05, 0) is 36.6 Å². The molecule has 2 bridgehead atoms. The van der Waals surface area contributed by atoms with Crippen LogP contribution in [0.4, 0.5) is 4.79 Å². The number of carbonyl (C=O) groups excluding carboxylic acids is 2. The smallest absolute Gasteiger partial charge is 0.328 e. The van der Waals surface area contributed by atoms with Crippen LogP contribution in [0.2, 0.25) is 0 Å². The summed E-state index contributed by atoms with van der Waals surface area (Å²) >= 11 is 0. The van der Waals surface area contributed by atoms with Gasteiger partial charge in [-0.25, -0.2) is 14.4 Å². The van der Waals surface area contributed by atoms with Gasteiger partial charge >= 0.3 is 18.0 Å². The molecule has 2 fully saturated rings. The number of urea groups is 1. The van der Waals surface area contributed by atoms with Crippen LogP contribution in [0.1, 0.15) is 12.0 Å². The SMILES string of the molecule is COc1ccc(CNC(=O)N2CC3CNCC(C3)C2=O)cc1OC.O=C(O)/C=C/C(=O)O. The van der Waals surface area contributed by atoms with Crippen LogP contribution in [0.25, 0.3) is 0 Å². The van der Waals surface area contributed by atoms with E-state index < -0.39 is 11.9 Å². The van der Waals surface area contributed by atoms with E-state index in [-0.39, 0.29) is 17.9 Å². The van der Waals surface area contributed by atoms with Crippen molar-refractivity contribution < 1.29 is 38.9 Å². The van der Waals surface area contributed by atoms with Crippen molar-refractivity contribution >= 4 is 23.9 Å². The van der Waals surface area contributed by atoms with E-state index in [9.17, 15) is 19.2 Å². The predicted molar refractivity (Wildman–Crippen MR) is 112 cm³/mol. The topological polar surface area (TPSA) is 154 Å². The van der Waals surface area contributed by atoms with Crippen LogP contribution in [0, 0.1) is 11.8 Å². The molecule has 32 heavy (non-hydrogen) atoms. The molecule has 4 N–H and O–H groups in total. The molecule has 2 aliphatic heterocycles. The summed E-state index contributed by atoms with van der Waals surface area (Å²) in [6.07, 6.45) is 2.00. The minimum atomic E-state index is -1.26. The number of imide groups is 1. The molecule has 1 aromatic carbocycles. The number of likely N-dealkylation sites (tertiary alicyclic amines) is 1. The lowest BCUT2D eigenvalue weighted by Gasteiger charge is -2.39. The number of methoxy groups -OCH3 is 2. The number of benzene rings is 1. The molecule has 11 heteroatoms. The molecule has 0 radical (unpaired) electrons. The summed E-state index contributed by atoms with van der Waals surface area (Å²) in [5.41, 5.74) is 0.882. The average molecular weight is 449 g/mol. The number of amides is 3. The van der Waals surface area contributed by atoms with E-state index in [1.54, 1.807) is 20.3 Å². The third-order valence-electron chi connectivity index (χ3n) is 5.00. The molecule has 2 heterocycles. The van der Waals surface area contributed by atoms with Crippen LogP contribution in [-0.4, -0.2) is 72.8 Å². The number of hydrogen-bond donors (Lipinski definition) is 4. The second kappa shape index (κ2) is 11.7. The van der Waals surface area contributed by atoms with Crippen molar-refractivity contribution in [2.24, 2.45) is 11.8 Å². The second-order valence-corrected chi connectivity index (χ2v) is 7.26. The Morgan fingerprint density at radius 1 is 1.12 bits per heavy atom. The number of nitrogens with zero attached hydrogens (tertiary/aromatic N) is 1. The first-order chi connectivity index (χ1) is 15.2. The molecule has 2 aliphatic rings. The lowest BCUT2D eigenvalue weighted by atomic mass is 9.85. The highest BCUT2D eigenvalue weighted by molar-refractivity contribution is 5.96. The highest BCUT2D eigenvalue weighted by Crippen LogP contribution is 2.28. The van der Waals surface area contributed by atoms with E-state index in [0.29, 0.717) is 49.2 Å². The number of aliphatic carboxylic acids is 2. The van der Waals surface area contributed by atoms with E-state index in [4.69, 9.17) is 19.7 Å². The van der Waals surface area contributed by atoms with E-state index in [1.165, 1.54) is 4.90 Å². The summed E-state index contributed by atoms with van der Waals surface area (Å²) in [7, 11) is 3.15. The third kappa shape index (κ3) is 6.98. The Morgan fingerprint density at radius 2 is 1.78 bits per heavy atom. The van der Waals surface area contributed by atoms with E-state index in [0.717, 1.165) is 18.5 Å². The van der Waals surface area contributed by atoms with Gasteiger partial charge in [0.15, 0.2) is 11.5 Å². The maximum atomic E-state index is 12.4. The summed E-state index contributed by atoms with van der Waals surface area (Å²) in [5.74, 6) is -1.07. The van der Waals surface area contributed by atoms with Gasteiger partial charge in [-0.15, -0.1) is 0 Å². The van der Waals surface area contributed by atoms with Gasteiger partial charge in [0.2, 0.25) is 5.91 Å². The fraction of sp³-hybridized carbons (Fsp3) is 0.429. The molecule has 0 aliphatic carbocycles. The number of piperidine rings is 2. The first-order valence-corrected chi connectivity index (χ1v) is 9.89. The van der Waals surface area contributed by atoms with Crippen molar-refractivity contribution in [3.05, 3.63) is 35.9 Å². The predicted octanol–water partition coefficient (Wildman–Crippen LogP) is 0.693. The van der Waals surface area contributed by atoms with Crippen molar-refractivity contribution in [3.8, 4) is 11.5 Å². The fourth-order valence-electron chi connectivity index (χ4n) is 3.52. The maximum absolute atomic E-state index is 12.4. The monoisotopic (exact) mass is 449 g/mol. The Bertz CT molecular complexity index is 870. The summed E-state index contributed by atoms with van der Waals surface area (Å²) in [5, 5.41) is 21.7. The highest BCUT2D eigenvalue weighted by Gasteiger charge is 2.39. The Kier molecular flexibility index (Phi) is 9.02. The van der Waals surface area contributed by atoms with Crippen molar-refractivity contribution in [2.75, 3.05) is 33.9 Å². The average Bonchev–Trinajstić information content (AvgIpc) is 2.79. The second-order valence-electron chi connectivity index (χ2n) is 7.26. The van der Waals surface area contributed by atoms with Crippen LogP contribution in [0.3, 0.4) is 0 Å².